The van der Waals surface area contributed by atoms with E-state index in [0.29, 0.717) is 12.1 Å². The van der Waals surface area contributed by atoms with Crippen molar-refractivity contribution in [3.05, 3.63) is 54.1 Å². The van der Waals surface area contributed by atoms with Crippen molar-refractivity contribution >= 4 is 31.6 Å². The smallest absolute Gasteiger partial charge is 0.255 e. The summed E-state index contributed by atoms with van der Waals surface area (Å²) in [6, 6.07) is 10.7. The Morgan fingerprint density at radius 3 is 2.22 bits per heavy atom. The van der Waals surface area contributed by atoms with E-state index in [4.69, 9.17) is 5.14 Å². The maximum absolute atomic E-state index is 12.4. The molecular weight excluding hydrogens is 390 g/mol. The van der Waals surface area contributed by atoms with Gasteiger partial charge in [0, 0.05) is 17.3 Å². The van der Waals surface area contributed by atoms with Gasteiger partial charge < -0.3 is 5.32 Å². The third kappa shape index (κ3) is 5.60. The Kier molecular flexibility index (Phi) is 6.37. The summed E-state index contributed by atoms with van der Waals surface area (Å²) < 4.78 is 49.7. The fourth-order valence-electron chi connectivity index (χ4n) is 2.15. The third-order valence-electron chi connectivity index (χ3n) is 3.82. The number of sulfonamides is 2. The zero-order valence-corrected chi connectivity index (χ0v) is 16.5. The Bertz CT molecular complexity index is 1030. The summed E-state index contributed by atoms with van der Waals surface area (Å²) in [5.74, 6) is -0.529. The first-order valence-corrected chi connectivity index (χ1v) is 11.1. The van der Waals surface area contributed by atoms with Gasteiger partial charge in [-0.25, -0.2) is 26.7 Å². The lowest BCUT2D eigenvalue weighted by atomic mass is 10.2. The third-order valence-corrected chi connectivity index (χ3v) is 6.33. The molecule has 0 aliphatic heterocycles. The number of amides is 1. The number of primary sulfonamides is 1. The van der Waals surface area contributed by atoms with E-state index in [2.05, 4.69) is 10.0 Å². The van der Waals surface area contributed by atoms with Crippen LogP contribution >= 0.6 is 0 Å². The molecule has 2 aromatic carbocycles. The number of benzene rings is 2. The van der Waals surface area contributed by atoms with Crippen LogP contribution < -0.4 is 15.2 Å². The molecule has 0 aliphatic rings. The largest absolute Gasteiger partial charge is 0.322 e. The molecule has 27 heavy (non-hydrogen) atoms. The number of hydrogen-bond acceptors (Lipinski definition) is 5. The van der Waals surface area contributed by atoms with Crippen LogP contribution in [0.3, 0.4) is 0 Å². The number of anilines is 1. The van der Waals surface area contributed by atoms with E-state index in [1.165, 1.54) is 48.5 Å². The van der Waals surface area contributed by atoms with Gasteiger partial charge >= 0.3 is 0 Å². The van der Waals surface area contributed by atoms with Gasteiger partial charge in [0.15, 0.2) is 0 Å². The average molecular weight is 412 g/mol. The van der Waals surface area contributed by atoms with Gasteiger partial charge in [-0.3, -0.25) is 4.79 Å². The highest BCUT2D eigenvalue weighted by molar-refractivity contribution is 7.89. The zero-order valence-electron chi connectivity index (χ0n) is 14.8. The molecule has 0 radical (unpaired) electrons. The van der Waals surface area contributed by atoms with Crippen molar-refractivity contribution in [2.45, 2.75) is 36.1 Å². The monoisotopic (exact) mass is 411 g/mol. The summed E-state index contributed by atoms with van der Waals surface area (Å²) >= 11 is 0. The van der Waals surface area contributed by atoms with Gasteiger partial charge in [0.2, 0.25) is 20.0 Å². The number of rotatable bonds is 7. The topological polar surface area (TPSA) is 135 Å². The standard InChI is InChI=1S/C17H21N3O5S2/c1-3-12(2)20-27(24,25)16-6-4-5-13(11-16)17(21)19-14-7-9-15(10-8-14)26(18,22)23/h4-12,20H,3H2,1-2H3,(H,19,21)(H2,18,22,23)/t12-/m1/s1. The van der Waals surface area contributed by atoms with Crippen molar-refractivity contribution in [2.75, 3.05) is 5.32 Å². The van der Waals surface area contributed by atoms with Crippen LogP contribution in [-0.4, -0.2) is 28.8 Å². The molecule has 0 heterocycles. The highest BCUT2D eigenvalue weighted by atomic mass is 32.2. The minimum absolute atomic E-state index is 0.0139. The van der Waals surface area contributed by atoms with E-state index < -0.39 is 26.0 Å². The first kappa shape index (κ1) is 21.0. The molecule has 0 saturated carbocycles. The Labute approximate surface area is 158 Å². The van der Waals surface area contributed by atoms with E-state index in [1.807, 2.05) is 6.92 Å². The molecule has 10 heteroatoms. The maximum Gasteiger partial charge on any atom is 0.255 e. The van der Waals surface area contributed by atoms with Gasteiger partial charge in [0.25, 0.3) is 5.91 Å². The number of nitrogens with one attached hydrogen (secondary N) is 2. The predicted molar refractivity (Wildman–Crippen MR) is 102 cm³/mol. The molecule has 0 unspecified atom stereocenters. The number of carbonyl (C=O) groups excluding carboxylic acids is 1. The number of nitrogens with two attached hydrogens (primary N) is 1. The molecule has 8 nitrogen and oxygen atoms in total. The van der Waals surface area contributed by atoms with E-state index >= 15 is 0 Å². The summed E-state index contributed by atoms with van der Waals surface area (Å²) in [7, 11) is -7.55. The van der Waals surface area contributed by atoms with Gasteiger partial charge in [-0.2, -0.15) is 0 Å². The van der Waals surface area contributed by atoms with Crippen molar-refractivity contribution in [1.29, 1.82) is 0 Å². The zero-order chi connectivity index (χ0) is 20.2. The molecular formula is C17H21N3O5S2. The SMILES string of the molecule is CC[C@@H](C)NS(=O)(=O)c1cccc(C(=O)Nc2ccc(S(N)(=O)=O)cc2)c1. The van der Waals surface area contributed by atoms with E-state index in [9.17, 15) is 21.6 Å². The Morgan fingerprint density at radius 2 is 1.67 bits per heavy atom. The van der Waals surface area contributed by atoms with Crippen LogP contribution in [-0.2, 0) is 20.0 Å². The molecule has 4 N–H and O–H groups in total. The van der Waals surface area contributed by atoms with Crippen LogP contribution in [0.2, 0.25) is 0 Å². The highest BCUT2D eigenvalue weighted by Crippen LogP contribution is 2.16. The second-order valence-corrected chi connectivity index (χ2v) is 9.26. The van der Waals surface area contributed by atoms with Crippen molar-refractivity contribution < 1.29 is 21.6 Å². The molecule has 2 rings (SSSR count). The molecule has 0 aliphatic carbocycles. The summed E-state index contributed by atoms with van der Waals surface area (Å²) in [4.78, 5) is 12.3. The minimum atomic E-state index is -3.82. The predicted octanol–water partition coefficient (Wildman–Crippen LogP) is 1.66. The van der Waals surface area contributed by atoms with Crippen molar-refractivity contribution in [1.82, 2.24) is 4.72 Å². The molecule has 1 amide bonds. The Balaban J connectivity index is 2.20. The minimum Gasteiger partial charge on any atom is -0.322 e. The molecule has 0 spiro atoms. The van der Waals surface area contributed by atoms with Gasteiger partial charge in [-0.15, -0.1) is 0 Å². The number of hydrogen-bond donors (Lipinski definition) is 3. The Morgan fingerprint density at radius 1 is 1.04 bits per heavy atom. The second-order valence-electron chi connectivity index (χ2n) is 5.98. The van der Waals surface area contributed by atoms with Crippen molar-refractivity contribution in [3.8, 4) is 0 Å². The number of carbonyl (C=O) groups is 1. The quantitative estimate of drug-likeness (QED) is 0.637. The molecule has 0 saturated heterocycles. The first-order chi connectivity index (χ1) is 12.5. The van der Waals surface area contributed by atoms with E-state index in [1.54, 1.807) is 6.92 Å². The average Bonchev–Trinajstić information content (AvgIpc) is 2.61. The normalized spacial score (nSPS) is 13.1. The lowest BCUT2D eigenvalue weighted by molar-refractivity contribution is 0.102. The van der Waals surface area contributed by atoms with Crippen LogP contribution in [0.1, 0.15) is 30.6 Å². The highest BCUT2D eigenvalue weighted by Gasteiger charge is 2.18. The maximum atomic E-state index is 12.4. The van der Waals surface area contributed by atoms with Gasteiger partial charge in [0.05, 0.1) is 9.79 Å². The van der Waals surface area contributed by atoms with Crippen LogP contribution in [0.25, 0.3) is 0 Å². The van der Waals surface area contributed by atoms with E-state index in [0.717, 1.165) is 0 Å². The Hall–Kier alpha value is -2.27. The van der Waals surface area contributed by atoms with Crippen LogP contribution in [0, 0.1) is 0 Å². The molecule has 2 aromatic rings. The molecule has 1 atom stereocenters. The summed E-state index contributed by atoms with van der Waals surface area (Å²) in [6.07, 6.45) is 0.633. The first-order valence-electron chi connectivity index (χ1n) is 8.09. The van der Waals surface area contributed by atoms with Crippen molar-refractivity contribution in [3.63, 3.8) is 0 Å². The molecule has 0 bridgehead atoms. The summed E-state index contributed by atoms with van der Waals surface area (Å²) in [5, 5.41) is 7.60. The van der Waals surface area contributed by atoms with Crippen LogP contribution in [0.4, 0.5) is 5.69 Å². The summed E-state index contributed by atoms with van der Waals surface area (Å²) in [5.41, 5.74) is 0.496. The molecule has 0 aromatic heterocycles. The van der Waals surface area contributed by atoms with Gasteiger partial charge in [-0.05, 0) is 55.8 Å². The second kappa shape index (κ2) is 8.17. The van der Waals surface area contributed by atoms with Crippen molar-refractivity contribution in [2.24, 2.45) is 5.14 Å². The molecule has 146 valence electrons. The lowest BCUT2D eigenvalue weighted by Crippen LogP contribution is -2.32. The van der Waals surface area contributed by atoms with Crippen LogP contribution in [0.15, 0.2) is 58.3 Å². The fraction of sp³-hybridized carbons (Fsp3) is 0.235. The van der Waals surface area contributed by atoms with Gasteiger partial charge in [0.1, 0.15) is 0 Å². The van der Waals surface area contributed by atoms with Crippen LogP contribution in [0.5, 0.6) is 0 Å². The van der Waals surface area contributed by atoms with E-state index in [-0.39, 0.29) is 21.4 Å². The van der Waals surface area contributed by atoms with Gasteiger partial charge in [-0.1, -0.05) is 13.0 Å². The fourth-order valence-corrected chi connectivity index (χ4v) is 4.04. The lowest BCUT2D eigenvalue weighted by Gasteiger charge is -2.13. The molecule has 0 fully saturated rings. The summed E-state index contributed by atoms with van der Waals surface area (Å²) in [6.45, 7) is 3.61.